The van der Waals surface area contributed by atoms with Gasteiger partial charge < -0.3 is 10.5 Å². The van der Waals surface area contributed by atoms with Crippen molar-refractivity contribution in [2.24, 2.45) is 5.73 Å². The summed E-state index contributed by atoms with van der Waals surface area (Å²) < 4.78 is 7.55. The molecule has 0 unspecified atom stereocenters. The summed E-state index contributed by atoms with van der Waals surface area (Å²) in [7, 11) is 1.61. The molecule has 0 aliphatic heterocycles. The minimum absolute atomic E-state index is 0.193. The highest BCUT2D eigenvalue weighted by molar-refractivity contribution is 5.92. The van der Waals surface area contributed by atoms with Gasteiger partial charge in [0.05, 0.1) is 29.4 Å². The van der Waals surface area contributed by atoms with Crippen LogP contribution in [0.4, 0.5) is 0 Å². The number of nitrogens with zero attached hydrogens (tertiary/aromatic N) is 5. The Labute approximate surface area is 220 Å². The molecule has 1 aliphatic rings. The Bertz CT molecular complexity index is 1790. The molecule has 1 aliphatic carbocycles. The third-order valence-corrected chi connectivity index (χ3v) is 7.62. The lowest BCUT2D eigenvalue weighted by molar-refractivity contribution is 0.253. The summed E-state index contributed by atoms with van der Waals surface area (Å²) in [5.41, 5.74) is 14.9. The molecule has 0 saturated heterocycles. The van der Waals surface area contributed by atoms with E-state index < -0.39 is 0 Å². The molecule has 38 heavy (non-hydrogen) atoms. The topological polar surface area (TPSA) is 91.2 Å². The number of pyridine rings is 3. The van der Waals surface area contributed by atoms with Crippen LogP contribution in [0.15, 0.2) is 91.1 Å². The molecule has 7 heteroatoms. The number of hydrogen-bond donors (Lipinski definition) is 1. The Hall–Kier alpha value is -4.62. The molecule has 6 aromatic rings. The van der Waals surface area contributed by atoms with Crippen LogP contribution in [0.3, 0.4) is 0 Å². The first-order chi connectivity index (χ1) is 18.6. The third-order valence-electron chi connectivity index (χ3n) is 7.62. The second kappa shape index (κ2) is 8.75. The zero-order valence-electron chi connectivity index (χ0n) is 21.0. The van der Waals surface area contributed by atoms with E-state index in [9.17, 15) is 0 Å². The van der Waals surface area contributed by atoms with Crippen molar-refractivity contribution in [3.05, 3.63) is 96.7 Å². The number of benzene rings is 2. The molecule has 2 aromatic carbocycles. The average Bonchev–Trinajstić information content (AvgIpc) is 3.40. The van der Waals surface area contributed by atoms with E-state index in [1.807, 2.05) is 46.9 Å². The number of methoxy groups -OCH3 is 1. The van der Waals surface area contributed by atoms with Crippen LogP contribution in [0.1, 0.15) is 24.8 Å². The molecule has 2 N–H and O–H groups in total. The minimum atomic E-state index is -0.193. The van der Waals surface area contributed by atoms with E-state index in [1.165, 1.54) is 12.0 Å². The lowest BCUT2D eigenvalue weighted by Crippen LogP contribution is -2.43. The number of hydrogen-bond acceptors (Lipinski definition) is 6. The van der Waals surface area contributed by atoms with Crippen molar-refractivity contribution in [3.8, 4) is 39.7 Å². The van der Waals surface area contributed by atoms with Crippen molar-refractivity contribution >= 4 is 16.7 Å². The fraction of sp³-hybridized carbons (Fsp3) is 0.161. The normalized spacial score (nSPS) is 14.5. The van der Waals surface area contributed by atoms with Gasteiger partial charge in [0.15, 0.2) is 11.5 Å². The zero-order valence-corrected chi connectivity index (χ0v) is 21.0. The van der Waals surface area contributed by atoms with E-state index in [4.69, 9.17) is 15.5 Å². The largest absolute Gasteiger partial charge is 0.480 e. The Kier molecular flexibility index (Phi) is 5.19. The predicted octanol–water partition coefficient (Wildman–Crippen LogP) is 6.02. The number of ether oxygens (including phenoxy) is 1. The molecule has 0 radical (unpaired) electrons. The second-order valence-corrected chi connectivity index (χ2v) is 9.85. The highest BCUT2D eigenvalue weighted by atomic mass is 16.5. The van der Waals surface area contributed by atoms with Crippen LogP contribution in [0, 0.1) is 0 Å². The van der Waals surface area contributed by atoms with Gasteiger partial charge in [-0.1, -0.05) is 54.6 Å². The van der Waals surface area contributed by atoms with Gasteiger partial charge in [0.1, 0.15) is 0 Å². The Morgan fingerprint density at radius 2 is 1.66 bits per heavy atom. The summed E-state index contributed by atoms with van der Waals surface area (Å²) in [6.45, 7) is 0. The van der Waals surface area contributed by atoms with Gasteiger partial charge in [0, 0.05) is 22.9 Å². The van der Waals surface area contributed by atoms with Crippen LogP contribution < -0.4 is 10.5 Å². The molecular weight excluding hydrogens is 472 g/mol. The zero-order chi connectivity index (χ0) is 25.7. The van der Waals surface area contributed by atoms with Crippen molar-refractivity contribution in [2.45, 2.75) is 24.8 Å². The number of rotatable bonds is 5. The summed E-state index contributed by atoms with van der Waals surface area (Å²) in [5, 5.41) is 8.95. The predicted molar refractivity (Wildman–Crippen MR) is 149 cm³/mol. The van der Waals surface area contributed by atoms with Crippen LogP contribution in [-0.4, -0.2) is 31.7 Å². The van der Waals surface area contributed by atoms with Crippen LogP contribution in [0.25, 0.3) is 50.5 Å². The number of nitrogens with two attached hydrogens (primary N) is 1. The lowest BCUT2D eigenvalue weighted by Gasteiger charge is -2.38. The molecule has 7 rings (SSSR count). The smallest absolute Gasteiger partial charge is 0.224 e. The minimum Gasteiger partial charge on any atom is -0.480 e. The first-order valence-corrected chi connectivity index (χ1v) is 12.8. The van der Waals surface area contributed by atoms with Crippen LogP contribution in [0.5, 0.6) is 5.88 Å². The lowest BCUT2D eigenvalue weighted by atomic mass is 9.72. The van der Waals surface area contributed by atoms with Gasteiger partial charge in [-0.05, 0) is 60.7 Å². The van der Waals surface area contributed by atoms with E-state index in [0.29, 0.717) is 11.7 Å². The van der Waals surface area contributed by atoms with Gasteiger partial charge in [-0.3, -0.25) is 4.40 Å². The molecule has 1 fully saturated rings. The van der Waals surface area contributed by atoms with Crippen molar-refractivity contribution in [3.63, 3.8) is 0 Å². The quantitative estimate of drug-likeness (QED) is 0.313. The Morgan fingerprint density at radius 1 is 0.842 bits per heavy atom. The summed E-state index contributed by atoms with van der Waals surface area (Å²) in [6, 6.07) is 28.9. The van der Waals surface area contributed by atoms with E-state index >= 15 is 0 Å². The molecule has 0 bridgehead atoms. The fourth-order valence-electron chi connectivity index (χ4n) is 5.38. The maximum absolute atomic E-state index is 6.59. The summed E-state index contributed by atoms with van der Waals surface area (Å²) >= 11 is 0. The van der Waals surface area contributed by atoms with E-state index in [0.717, 1.165) is 57.5 Å². The summed E-state index contributed by atoms with van der Waals surface area (Å²) in [5.74, 6) is 1.15. The molecule has 7 nitrogen and oxygen atoms in total. The first-order valence-electron chi connectivity index (χ1n) is 12.8. The van der Waals surface area contributed by atoms with E-state index in [2.05, 4.69) is 57.6 Å². The van der Waals surface area contributed by atoms with Gasteiger partial charge in [-0.25, -0.2) is 9.97 Å². The summed E-state index contributed by atoms with van der Waals surface area (Å²) in [6.07, 6.45) is 4.96. The van der Waals surface area contributed by atoms with Crippen LogP contribution in [0.2, 0.25) is 0 Å². The van der Waals surface area contributed by atoms with Crippen LogP contribution in [-0.2, 0) is 5.54 Å². The van der Waals surface area contributed by atoms with E-state index in [1.54, 1.807) is 13.3 Å². The SMILES string of the molecule is COc1ncccc1-c1nnc2ccc3nc(-c4ccc(C5(N)CCC5)cc4)c(-c4ccccc4)cc3n12. The highest BCUT2D eigenvalue weighted by Crippen LogP contribution is 2.40. The van der Waals surface area contributed by atoms with Gasteiger partial charge in [0.2, 0.25) is 5.88 Å². The maximum Gasteiger partial charge on any atom is 0.224 e. The molecule has 0 spiro atoms. The number of aromatic nitrogens is 5. The molecular formula is C31H26N6O. The summed E-state index contributed by atoms with van der Waals surface area (Å²) in [4.78, 5) is 9.57. The fourth-order valence-corrected chi connectivity index (χ4v) is 5.38. The standard InChI is InChI=1S/C31H26N6O/c1-38-30-23(9-5-18-33-30)29-36-35-27-15-14-25-26(37(27)29)19-24(20-7-3-2-4-8-20)28(34-25)21-10-12-22(13-11-21)31(32)16-6-17-31/h2-5,7-15,18-19H,6,16-17,32H2,1H3. The van der Waals surface area contributed by atoms with Crippen molar-refractivity contribution < 1.29 is 4.74 Å². The number of fused-ring (bicyclic) bond motifs is 3. The molecule has 1 saturated carbocycles. The molecule has 4 heterocycles. The molecule has 0 atom stereocenters. The highest BCUT2D eigenvalue weighted by Gasteiger charge is 2.34. The second-order valence-electron chi connectivity index (χ2n) is 9.85. The van der Waals surface area contributed by atoms with Gasteiger partial charge in [-0.15, -0.1) is 10.2 Å². The van der Waals surface area contributed by atoms with Crippen LogP contribution >= 0.6 is 0 Å². The van der Waals surface area contributed by atoms with Gasteiger partial charge in [0.25, 0.3) is 0 Å². The monoisotopic (exact) mass is 498 g/mol. The van der Waals surface area contributed by atoms with Crippen molar-refractivity contribution in [2.75, 3.05) is 7.11 Å². The average molecular weight is 499 g/mol. The Morgan fingerprint density at radius 3 is 2.39 bits per heavy atom. The van der Waals surface area contributed by atoms with Gasteiger partial charge in [-0.2, -0.15) is 0 Å². The van der Waals surface area contributed by atoms with Gasteiger partial charge >= 0.3 is 0 Å². The molecule has 4 aromatic heterocycles. The van der Waals surface area contributed by atoms with Crippen molar-refractivity contribution in [1.82, 2.24) is 24.6 Å². The maximum atomic E-state index is 6.59. The van der Waals surface area contributed by atoms with E-state index in [-0.39, 0.29) is 5.54 Å². The Balaban J connectivity index is 1.47. The molecule has 0 amide bonds. The molecule has 186 valence electrons. The van der Waals surface area contributed by atoms with Crippen molar-refractivity contribution in [1.29, 1.82) is 0 Å². The third kappa shape index (κ3) is 3.55. The first kappa shape index (κ1) is 22.6.